The number of aryl methyl sites for hydroxylation is 1. The highest BCUT2D eigenvalue weighted by molar-refractivity contribution is 5.81. The summed E-state index contributed by atoms with van der Waals surface area (Å²) in [6, 6.07) is -1.43. The van der Waals surface area contributed by atoms with Gasteiger partial charge in [0.05, 0.1) is 36.2 Å². The average Bonchev–Trinajstić information content (AvgIpc) is 3.24. The highest BCUT2D eigenvalue weighted by Crippen LogP contribution is 2.44. The van der Waals surface area contributed by atoms with Crippen molar-refractivity contribution in [1.82, 2.24) is 23.6 Å². The minimum atomic E-state index is -1.23. The maximum atomic E-state index is 12.9. The zero-order valence-electron chi connectivity index (χ0n) is 20.3. The van der Waals surface area contributed by atoms with Crippen LogP contribution in [0.2, 0.25) is 0 Å². The molecular weight excluding hydrogens is 458 g/mol. The van der Waals surface area contributed by atoms with Crippen LogP contribution in [0.4, 0.5) is 0 Å². The molecule has 0 radical (unpaired) electrons. The van der Waals surface area contributed by atoms with Gasteiger partial charge in [0.1, 0.15) is 0 Å². The third kappa shape index (κ3) is 4.39. The highest BCUT2D eigenvalue weighted by Gasteiger charge is 2.50. The van der Waals surface area contributed by atoms with Crippen LogP contribution in [-0.2, 0) is 28.4 Å². The highest BCUT2D eigenvalue weighted by atomic mass is 16.5. The molecular formula is C22H33N7O6. The molecule has 13 heteroatoms. The zero-order valence-corrected chi connectivity index (χ0v) is 20.3. The van der Waals surface area contributed by atoms with E-state index in [4.69, 9.17) is 16.2 Å². The minimum Gasteiger partial charge on any atom is -0.388 e. The third-order valence-corrected chi connectivity index (χ3v) is 7.52. The molecule has 1 spiro atoms. The van der Waals surface area contributed by atoms with Crippen LogP contribution in [-0.4, -0.2) is 77.4 Å². The van der Waals surface area contributed by atoms with Crippen molar-refractivity contribution in [2.45, 2.75) is 62.3 Å². The van der Waals surface area contributed by atoms with Crippen molar-refractivity contribution in [3.63, 3.8) is 0 Å². The van der Waals surface area contributed by atoms with Gasteiger partial charge in [0.25, 0.3) is 5.56 Å². The Bertz CT molecular complexity index is 1270. The van der Waals surface area contributed by atoms with Gasteiger partial charge in [-0.1, -0.05) is 0 Å². The molecule has 2 aromatic heterocycles. The van der Waals surface area contributed by atoms with Gasteiger partial charge >= 0.3 is 5.69 Å². The van der Waals surface area contributed by atoms with Crippen molar-refractivity contribution >= 4 is 23.0 Å². The number of fused-ring (bicyclic) bond motifs is 1. The SMILES string of the molecule is Cn1c(=O)c2c(ncn2[C@@H]2COC3(CCN(C(=O)CC[C@H](N)C(N)=O)CC3)C[C@@]2(C)O)n(C)c1=O. The standard InChI is InChI=1S/C22H33N7O6/c1-21(34)11-22(6-8-28(9-7-22)15(30)5-4-13(23)17(24)31)35-10-14(21)29-12-25-18-16(29)19(32)27(3)20(33)26(18)2/h12-14,34H,4-11,23H2,1-3H3,(H2,24,31)/t13-,14+,21+/m0/s1. The van der Waals surface area contributed by atoms with Gasteiger partial charge in [-0.05, 0) is 26.2 Å². The molecule has 0 aliphatic carbocycles. The first-order chi connectivity index (χ1) is 16.4. The number of hydrogen-bond donors (Lipinski definition) is 3. The van der Waals surface area contributed by atoms with Crippen LogP contribution < -0.4 is 22.7 Å². The molecule has 0 aromatic carbocycles. The number of rotatable bonds is 5. The van der Waals surface area contributed by atoms with E-state index in [0.717, 1.165) is 4.57 Å². The lowest BCUT2D eigenvalue weighted by atomic mass is 9.75. The van der Waals surface area contributed by atoms with Gasteiger partial charge in [0.15, 0.2) is 11.2 Å². The Hall–Kier alpha value is -3.03. The van der Waals surface area contributed by atoms with Gasteiger partial charge in [-0.25, -0.2) is 9.78 Å². The van der Waals surface area contributed by atoms with E-state index in [1.165, 1.54) is 17.9 Å². The Morgan fingerprint density at radius 3 is 2.51 bits per heavy atom. The van der Waals surface area contributed by atoms with Gasteiger partial charge in [0.2, 0.25) is 11.8 Å². The molecule has 0 bridgehead atoms. The molecule has 4 rings (SSSR count). The third-order valence-electron chi connectivity index (χ3n) is 7.52. The van der Waals surface area contributed by atoms with Crippen molar-refractivity contribution < 1.29 is 19.4 Å². The second kappa shape index (κ2) is 8.88. The topological polar surface area (TPSA) is 181 Å². The predicted octanol–water partition coefficient (Wildman–Crippen LogP) is -1.90. The molecule has 192 valence electrons. The van der Waals surface area contributed by atoms with E-state index in [9.17, 15) is 24.3 Å². The van der Waals surface area contributed by atoms with Crippen LogP contribution in [0.1, 0.15) is 45.1 Å². The summed E-state index contributed by atoms with van der Waals surface area (Å²) in [4.78, 5) is 54.7. The van der Waals surface area contributed by atoms with Crippen molar-refractivity contribution in [2.24, 2.45) is 25.6 Å². The first-order valence-corrected chi connectivity index (χ1v) is 11.7. The molecule has 2 amide bonds. The Labute approximate surface area is 201 Å². The van der Waals surface area contributed by atoms with E-state index in [1.807, 2.05) is 0 Å². The molecule has 2 aliphatic heterocycles. The first-order valence-electron chi connectivity index (χ1n) is 11.7. The molecule has 5 N–H and O–H groups in total. The number of aromatic nitrogens is 4. The van der Waals surface area contributed by atoms with Crippen molar-refractivity contribution in [3.8, 4) is 0 Å². The first kappa shape index (κ1) is 25.1. The molecule has 2 aromatic rings. The number of nitrogens with zero attached hydrogens (tertiary/aromatic N) is 5. The number of nitrogens with two attached hydrogens (primary N) is 2. The Morgan fingerprint density at radius 1 is 1.26 bits per heavy atom. The van der Waals surface area contributed by atoms with E-state index in [1.54, 1.807) is 23.4 Å². The van der Waals surface area contributed by atoms with E-state index in [0.29, 0.717) is 32.4 Å². The zero-order chi connectivity index (χ0) is 25.7. The molecule has 0 unspecified atom stereocenters. The predicted molar refractivity (Wildman–Crippen MR) is 125 cm³/mol. The number of amides is 2. The second-order valence-corrected chi connectivity index (χ2v) is 10.0. The van der Waals surface area contributed by atoms with Gasteiger partial charge in [0, 0.05) is 40.0 Å². The van der Waals surface area contributed by atoms with Gasteiger partial charge in [-0.15, -0.1) is 0 Å². The second-order valence-electron chi connectivity index (χ2n) is 10.0. The fourth-order valence-corrected chi connectivity index (χ4v) is 5.30. The fraction of sp³-hybridized carbons (Fsp3) is 0.682. The van der Waals surface area contributed by atoms with Crippen LogP contribution in [0.5, 0.6) is 0 Å². The van der Waals surface area contributed by atoms with Gasteiger partial charge in [-0.2, -0.15) is 0 Å². The Kier molecular flexibility index (Phi) is 6.36. The molecule has 0 saturated carbocycles. The number of piperidine rings is 1. The number of hydrogen-bond acceptors (Lipinski definition) is 8. The fourth-order valence-electron chi connectivity index (χ4n) is 5.30. The molecule has 13 nitrogen and oxygen atoms in total. The van der Waals surface area contributed by atoms with Crippen molar-refractivity contribution in [1.29, 1.82) is 0 Å². The van der Waals surface area contributed by atoms with Crippen LogP contribution in [0.25, 0.3) is 11.2 Å². The monoisotopic (exact) mass is 491 g/mol. The van der Waals surface area contributed by atoms with Crippen LogP contribution in [0.3, 0.4) is 0 Å². The lowest BCUT2D eigenvalue weighted by Crippen LogP contribution is -2.58. The number of imidazole rings is 1. The normalized spacial score (nSPS) is 25.2. The molecule has 2 aliphatic rings. The summed E-state index contributed by atoms with van der Waals surface area (Å²) >= 11 is 0. The average molecular weight is 492 g/mol. The van der Waals surface area contributed by atoms with Crippen LogP contribution in [0, 0.1) is 0 Å². The maximum Gasteiger partial charge on any atom is 0.332 e. The lowest BCUT2D eigenvalue weighted by molar-refractivity contribution is -0.196. The van der Waals surface area contributed by atoms with E-state index < -0.39 is 40.4 Å². The summed E-state index contributed by atoms with van der Waals surface area (Å²) in [7, 11) is 2.95. The van der Waals surface area contributed by atoms with Crippen LogP contribution >= 0.6 is 0 Å². The van der Waals surface area contributed by atoms with E-state index in [-0.39, 0.29) is 36.5 Å². The lowest BCUT2D eigenvalue weighted by Gasteiger charge is -2.51. The van der Waals surface area contributed by atoms with Gasteiger partial charge < -0.3 is 30.8 Å². The number of carbonyl (C=O) groups is 2. The summed E-state index contributed by atoms with van der Waals surface area (Å²) < 4.78 is 10.2. The number of likely N-dealkylation sites (tertiary alicyclic amines) is 1. The number of ether oxygens (including phenoxy) is 1. The number of carbonyl (C=O) groups excluding carboxylic acids is 2. The van der Waals surface area contributed by atoms with E-state index >= 15 is 0 Å². The molecule has 3 atom stereocenters. The number of aliphatic hydroxyl groups is 1. The Morgan fingerprint density at radius 2 is 1.91 bits per heavy atom. The number of primary amides is 1. The van der Waals surface area contributed by atoms with Crippen LogP contribution in [0.15, 0.2) is 15.9 Å². The molecule has 4 heterocycles. The minimum absolute atomic E-state index is 0.0941. The molecule has 35 heavy (non-hydrogen) atoms. The summed E-state index contributed by atoms with van der Waals surface area (Å²) in [5, 5.41) is 11.5. The van der Waals surface area contributed by atoms with Gasteiger partial charge in [-0.3, -0.25) is 23.5 Å². The maximum absolute atomic E-state index is 12.9. The smallest absolute Gasteiger partial charge is 0.332 e. The van der Waals surface area contributed by atoms with Crippen molar-refractivity contribution in [3.05, 3.63) is 27.2 Å². The summed E-state index contributed by atoms with van der Waals surface area (Å²) in [6.45, 7) is 2.78. The largest absolute Gasteiger partial charge is 0.388 e. The summed E-state index contributed by atoms with van der Waals surface area (Å²) in [6.07, 6.45) is 3.21. The van der Waals surface area contributed by atoms with E-state index in [2.05, 4.69) is 4.98 Å². The molecule has 2 saturated heterocycles. The Balaban J connectivity index is 1.48. The quantitative estimate of drug-likeness (QED) is 0.433. The molecule has 2 fully saturated rings. The summed E-state index contributed by atoms with van der Waals surface area (Å²) in [5.74, 6) is -0.725. The van der Waals surface area contributed by atoms with Crippen molar-refractivity contribution in [2.75, 3.05) is 19.7 Å². The summed E-state index contributed by atoms with van der Waals surface area (Å²) in [5.41, 5.74) is 8.46.